The molecule has 1 atom stereocenters. The number of rotatable bonds is 6. The minimum Gasteiger partial charge on any atom is -0.349 e. The van der Waals surface area contributed by atoms with Crippen molar-refractivity contribution in [3.63, 3.8) is 0 Å². The number of carbonyl (C=O) groups is 2. The van der Waals surface area contributed by atoms with Gasteiger partial charge in [0.15, 0.2) is 5.78 Å². The zero-order chi connectivity index (χ0) is 15.2. The summed E-state index contributed by atoms with van der Waals surface area (Å²) in [5.74, 6) is -0.185. The monoisotopic (exact) mass is 285 g/mol. The van der Waals surface area contributed by atoms with Crippen LogP contribution in [0, 0.1) is 0 Å². The lowest BCUT2D eigenvalue weighted by atomic mass is 10.0. The molecule has 2 aromatic rings. The zero-order valence-corrected chi connectivity index (χ0v) is 12.2. The lowest BCUT2D eigenvalue weighted by molar-refractivity contribution is 0.0918. The van der Waals surface area contributed by atoms with Gasteiger partial charge in [-0.15, -0.1) is 0 Å². The Hall–Kier alpha value is -2.43. The Morgan fingerprint density at radius 2 is 1.95 bits per heavy atom. The molecule has 0 fully saturated rings. The molecule has 0 spiro atoms. The Morgan fingerprint density at radius 3 is 2.57 bits per heavy atom. The number of Topliss-reactive ketones (excluding diaryl/α,β-unsaturated/α-hetero) is 1. The number of amides is 1. The standard InChI is InChI=1S/C16H19N3O2/c1-3-19-11-14(10-17-19)16(21)18-12(2)9-15(20)13-7-5-4-6-8-13/h4-8,10-12H,3,9H2,1-2H3,(H,18,21)/t12-/m1/s1. The second kappa shape index (κ2) is 6.83. The highest BCUT2D eigenvalue weighted by Crippen LogP contribution is 2.06. The van der Waals surface area contributed by atoms with Crippen molar-refractivity contribution < 1.29 is 9.59 Å². The van der Waals surface area contributed by atoms with Crippen molar-refractivity contribution in [1.82, 2.24) is 15.1 Å². The van der Waals surface area contributed by atoms with Crippen LogP contribution < -0.4 is 5.32 Å². The van der Waals surface area contributed by atoms with E-state index in [0.717, 1.165) is 6.54 Å². The van der Waals surface area contributed by atoms with E-state index in [9.17, 15) is 9.59 Å². The van der Waals surface area contributed by atoms with Gasteiger partial charge in [-0.25, -0.2) is 0 Å². The molecule has 1 aromatic heterocycles. The van der Waals surface area contributed by atoms with Crippen molar-refractivity contribution in [2.24, 2.45) is 0 Å². The largest absolute Gasteiger partial charge is 0.349 e. The van der Waals surface area contributed by atoms with E-state index in [1.807, 2.05) is 32.0 Å². The zero-order valence-electron chi connectivity index (χ0n) is 12.2. The molecule has 1 heterocycles. The first kappa shape index (κ1) is 15.0. The van der Waals surface area contributed by atoms with Crippen molar-refractivity contribution in [3.05, 3.63) is 53.9 Å². The maximum Gasteiger partial charge on any atom is 0.254 e. The predicted octanol–water partition coefficient (Wildman–Crippen LogP) is 2.29. The average Bonchev–Trinajstić information content (AvgIpc) is 2.97. The number of aromatic nitrogens is 2. The molecule has 0 unspecified atom stereocenters. The van der Waals surface area contributed by atoms with Gasteiger partial charge in [0.05, 0.1) is 11.8 Å². The third-order valence-corrected chi connectivity index (χ3v) is 3.18. The number of nitrogens with zero attached hydrogens (tertiary/aromatic N) is 2. The Kier molecular flexibility index (Phi) is 4.87. The molecule has 0 saturated heterocycles. The van der Waals surface area contributed by atoms with Crippen LogP contribution >= 0.6 is 0 Å². The maximum atomic E-state index is 12.1. The van der Waals surface area contributed by atoms with Crippen LogP contribution in [0.15, 0.2) is 42.7 Å². The lowest BCUT2D eigenvalue weighted by Crippen LogP contribution is -2.34. The second-order valence-corrected chi connectivity index (χ2v) is 4.95. The van der Waals surface area contributed by atoms with Crippen molar-refractivity contribution in [2.45, 2.75) is 32.9 Å². The molecule has 1 aromatic carbocycles. The fourth-order valence-electron chi connectivity index (χ4n) is 2.03. The Bertz CT molecular complexity index is 619. The third-order valence-electron chi connectivity index (χ3n) is 3.18. The van der Waals surface area contributed by atoms with Gasteiger partial charge >= 0.3 is 0 Å². The molecule has 0 aliphatic rings. The summed E-state index contributed by atoms with van der Waals surface area (Å²) in [7, 11) is 0. The second-order valence-electron chi connectivity index (χ2n) is 4.95. The maximum absolute atomic E-state index is 12.1. The van der Waals surface area contributed by atoms with Gasteiger partial charge in [-0.3, -0.25) is 14.3 Å². The van der Waals surface area contributed by atoms with E-state index in [4.69, 9.17) is 0 Å². The molecule has 5 nitrogen and oxygen atoms in total. The SMILES string of the molecule is CCn1cc(C(=O)N[C@H](C)CC(=O)c2ccccc2)cn1. The molecule has 0 radical (unpaired) electrons. The number of nitrogens with one attached hydrogen (secondary N) is 1. The number of hydrogen-bond donors (Lipinski definition) is 1. The fraction of sp³-hybridized carbons (Fsp3) is 0.312. The van der Waals surface area contributed by atoms with Gasteiger partial charge in [-0.05, 0) is 13.8 Å². The molecule has 0 saturated carbocycles. The normalized spacial score (nSPS) is 11.9. The molecular weight excluding hydrogens is 266 g/mol. The lowest BCUT2D eigenvalue weighted by Gasteiger charge is -2.12. The molecular formula is C16H19N3O2. The minimum absolute atomic E-state index is 0.0210. The highest BCUT2D eigenvalue weighted by atomic mass is 16.2. The fourth-order valence-corrected chi connectivity index (χ4v) is 2.03. The molecule has 1 amide bonds. The van der Waals surface area contributed by atoms with Gasteiger partial charge in [-0.1, -0.05) is 30.3 Å². The van der Waals surface area contributed by atoms with Gasteiger partial charge in [0.25, 0.3) is 5.91 Å². The van der Waals surface area contributed by atoms with Crippen LogP contribution in [0.1, 0.15) is 41.0 Å². The van der Waals surface area contributed by atoms with Crippen LogP contribution in [0.5, 0.6) is 0 Å². The van der Waals surface area contributed by atoms with Gasteiger partial charge in [-0.2, -0.15) is 5.10 Å². The first-order valence-corrected chi connectivity index (χ1v) is 7.01. The quantitative estimate of drug-likeness (QED) is 0.828. The summed E-state index contributed by atoms with van der Waals surface area (Å²) in [6.07, 6.45) is 3.50. The summed E-state index contributed by atoms with van der Waals surface area (Å²) in [4.78, 5) is 24.1. The minimum atomic E-state index is -0.227. The van der Waals surface area contributed by atoms with Crippen molar-refractivity contribution in [1.29, 1.82) is 0 Å². The molecule has 2 rings (SSSR count). The van der Waals surface area contributed by atoms with Crippen LogP contribution in [0.3, 0.4) is 0 Å². The molecule has 5 heteroatoms. The molecule has 1 N–H and O–H groups in total. The Labute approximate surface area is 124 Å². The summed E-state index contributed by atoms with van der Waals surface area (Å²) in [6.45, 7) is 4.49. The highest BCUT2D eigenvalue weighted by molar-refractivity contribution is 5.97. The Morgan fingerprint density at radius 1 is 1.24 bits per heavy atom. The van der Waals surface area contributed by atoms with Crippen LogP contribution in [0.25, 0.3) is 0 Å². The van der Waals surface area contributed by atoms with E-state index in [1.54, 1.807) is 23.0 Å². The van der Waals surface area contributed by atoms with Gasteiger partial charge in [0.1, 0.15) is 0 Å². The van der Waals surface area contributed by atoms with E-state index in [-0.39, 0.29) is 24.2 Å². The topological polar surface area (TPSA) is 64.0 Å². The summed E-state index contributed by atoms with van der Waals surface area (Å²) < 4.78 is 1.69. The van der Waals surface area contributed by atoms with Crippen LogP contribution in [-0.4, -0.2) is 27.5 Å². The van der Waals surface area contributed by atoms with E-state index < -0.39 is 0 Å². The number of hydrogen-bond acceptors (Lipinski definition) is 3. The van der Waals surface area contributed by atoms with Gasteiger partial charge in [0.2, 0.25) is 0 Å². The van der Waals surface area contributed by atoms with Crippen molar-refractivity contribution >= 4 is 11.7 Å². The number of benzene rings is 1. The first-order chi connectivity index (χ1) is 10.1. The predicted molar refractivity (Wildman–Crippen MR) is 80.2 cm³/mol. The van der Waals surface area contributed by atoms with Gasteiger partial charge in [0, 0.05) is 30.8 Å². The first-order valence-electron chi connectivity index (χ1n) is 7.01. The van der Waals surface area contributed by atoms with Crippen LogP contribution in [0.4, 0.5) is 0 Å². The third kappa shape index (κ3) is 4.02. The van der Waals surface area contributed by atoms with E-state index in [0.29, 0.717) is 11.1 Å². The summed E-state index contributed by atoms with van der Waals surface area (Å²) >= 11 is 0. The molecule has 21 heavy (non-hydrogen) atoms. The molecule has 0 bridgehead atoms. The molecule has 110 valence electrons. The average molecular weight is 285 g/mol. The van der Waals surface area contributed by atoms with Crippen molar-refractivity contribution in [3.8, 4) is 0 Å². The summed E-state index contributed by atoms with van der Waals surface area (Å²) in [6, 6.07) is 8.86. The van der Waals surface area contributed by atoms with E-state index in [2.05, 4.69) is 10.4 Å². The smallest absolute Gasteiger partial charge is 0.254 e. The molecule has 0 aliphatic heterocycles. The van der Waals surface area contributed by atoms with Crippen LogP contribution in [0.2, 0.25) is 0 Å². The van der Waals surface area contributed by atoms with Crippen LogP contribution in [-0.2, 0) is 6.54 Å². The van der Waals surface area contributed by atoms with Crippen molar-refractivity contribution in [2.75, 3.05) is 0 Å². The molecule has 0 aliphatic carbocycles. The number of aryl methyl sites for hydroxylation is 1. The summed E-state index contributed by atoms with van der Waals surface area (Å²) in [5, 5.41) is 6.88. The van der Waals surface area contributed by atoms with E-state index in [1.165, 1.54) is 6.20 Å². The van der Waals surface area contributed by atoms with E-state index >= 15 is 0 Å². The van der Waals surface area contributed by atoms with Gasteiger partial charge < -0.3 is 5.32 Å². The summed E-state index contributed by atoms with van der Waals surface area (Å²) in [5.41, 5.74) is 1.17. The highest BCUT2D eigenvalue weighted by Gasteiger charge is 2.15. The number of carbonyl (C=O) groups excluding carboxylic acids is 2. The Balaban J connectivity index is 1.91. The number of ketones is 1.